The lowest BCUT2D eigenvalue weighted by atomic mass is 10.1. The fraction of sp³-hybridized carbons (Fsp3) is 0.462. The Kier molecular flexibility index (Phi) is 31.5. The molecule has 0 unspecified atom stereocenters. The van der Waals surface area contributed by atoms with E-state index in [4.69, 9.17) is 15.9 Å². The number of nitrogens with two attached hydrogens (primary N) is 2. The zero-order valence-corrected chi connectivity index (χ0v) is 24.8. The lowest BCUT2D eigenvalue weighted by Crippen LogP contribution is -2.74. The van der Waals surface area contributed by atoms with Gasteiger partial charge in [0.2, 0.25) is 0 Å². The molecular weight excluding hydrogens is 528 g/mol. The van der Waals surface area contributed by atoms with Gasteiger partial charge in [0.15, 0.2) is 6.72 Å². The second-order valence-electron chi connectivity index (χ2n) is 6.69. The van der Waals surface area contributed by atoms with E-state index in [2.05, 4.69) is 23.6 Å². The van der Waals surface area contributed by atoms with Crippen molar-refractivity contribution in [1.29, 1.82) is 5.41 Å². The Morgan fingerprint density at radius 2 is 0.947 bits per heavy atom. The number of nitrogens with one attached hydrogen (secondary N) is 2. The summed E-state index contributed by atoms with van der Waals surface area (Å²) in [5.74, 6) is 9.21. The van der Waals surface area contributed by atoms with Crippen LogP contribution in [0.2, 0.25) is 0 Å². The molecule has 224 valence electrons. The van der Waals surface area contributed by atoms with Gasteiger partial charge in [0, 0.05) is 0 Å². The molecule has 0 saturated heterocycles. The van der Waals surface area contributed by atoms with Crippen molar-refractivity contribution in [2.45, 2.75) is 93.9 Å². The maximum Gasteiger partial charge on any atom is 0.313 e. The molecular formula is C26H53N4O6S2+. The fourth-order valence-electron chi connectivity index (χ4n) is 3.18. The van der Waals surface area contributed by atoms with E-state index in [0.29, 0.717) is 22.3 Å². The van der Waals surface area contributed by atoms with Crippen molar-refractivity contribution in [3.63, 3.8) is 0 Å². The number of hydrazine groups is 1. The summed E-state index contributed by atoms with van der Waals surface area (Å²) in [4.78, 5) is 0.184. The largest absolute Gasteiger partial charge is 0.317 e. The minimum Gasteiger partial charge on any atom is -0.317 e. The van der Waals surface area contributed by atoms with E-state index >= 15 is 0 Å². The van der Waals surface area contributed by atoms with E-state index in [1.54, 1.807) is 52.0 Å². The number of hydrogen-bond acceptors (Lipinski definition) is 8. The van der Waals surface area contributed by atoms with Gasteiger partial charge in [-0.1, -0.05) is 77.9 Å². The van der Waals surface area contributed by atoms with Crippen LogP contribution in [0.1, 0.15) is 75.9 Å². The van der Waals surface area contributed by atoms with E-state index in [0.717, 1.165) is 11.1 Å². The Bertz CT molecular complexity index is 1090. The van der Waals surface area contributed by atoms with Gasteiger partial charge in [0.25, 0.3) is 10.1 Å². The molecule has 0 fully saturated rings. The van der Waals surface area contributed by atoms with Crippen LogP contribution >= 0.6 is 0 Å². The summed E-state index contributed by atoms with van der Waals surface area (Å²) in [6.45, 7) is 24.1. The molecule has 0 amide bonds. The summed E-state index contributed by atoms with van der Waals surface area (Å²) >= 11 is 0. The van der Waals surface area contributed by atoms with E-state index in [-0.39, 0.29) is 24.6 Å². The van der Waals surface area contributed by atoms with Gasteiger partial charge in [0.1, 0.15) is 4.90 Å². The highest BCUT2D eigenvalue weighted by Gasteiger charge is 2.19. The highest BCUT2D eigenvalue weighted by atomic mass is 32.2. The SMILES string of the molecule is C.C.C=N.C=[NH+]N.CC.CC.Cc1cc(C)c(S(=O)(=O)O)c(C)c1.Cc1cc(C)c(S(=O)(=O)ON)c(C)c1. The first kappa shape index (κ1) is 48.4. The molecule has 0 aliphatic rings. The van der Waals surface area contributed by atoms with Crippen LogP contribution in [0.5, 0.6) is 0 Å². The zero-order valence-electron chi connectivity index (χ0n) is 23.2. The molecule has 0 aliphatic heterocycles. The summed E-state index contributed by atoms with van der Waals surface area (Å²) in [6.07, 6.45) is 0. The summed E-state index contributed by atoms with van der Waals surface area (Å²) in [5.41, 5.74) is 4.46. The Morgan fingerprint density at radius 1 is 0.737 bits per heavy atom. The number of hydrogen-bond donors (Lipinski definition) is 5. The Labute approximate surface area is 232 Å². The molecule has 0 aromatic heterocycles. The van der Waals surface area contributed by atoms with E-state index in [9.17, 15) is 16.8 Å². The van der Waals surface area contributed by atoms with E-state index < -0.39 is 20.2 Å². The molecule has 0 heterocycles. The molecule has 0 bridgehead atoms. The third-order valence-electron chi connectivity index (χ3n) is 3.84. The first-order valence-electron chi connectivity index (χ1n) is 11.0. The molecule has 2 aromatic carbocycles. The Morgan fingerprint density at radius 3 is 1.13 bits per heavy atom. The van der Waals surface area contributed by atoms with Crippen molar-refractivity contribution >= 4 is 33.7 Å². The lowest BCUT2D eigenvalue weighted by Gasteiger charge is -2.09. The molecule has 10 nitrogen and oxygen atoms in total. The average molecular weight is 582 g/mol. The van der Waals surface area contributed by atoms with Crippen LogP contribution in [0.25, 0.3) is 0 Å². The molecule has 0 radical (unpaired) electrons. The third-order valence-corrected chi connectivity index (χ3v) is 6.40. The quantitative estimate of drug-likeness (QED) is 0.154. The Hall–Kier alpha value is -2.64. The maximum atomic E-state index is 11.4. The molecule has 7 N–H and O–H groups in total. The van der Waals surface area contributed by atoms with Crippen molar-refractivity contribution in [3.8, 4) is 0 Å². The van der Waals surface area contributed by atoms with E-state index in [1.807, 2.05) is 46.6 Å². The van der Waals surface area contributed by atoms with Crippen molar-refractivity contribution in [1.82, 2.24) is 0 Å². The molecule has 2 rings (SSSR count). The summed E-state index contributed by atoms with van der Waals surface area (Å²) in [7, 11) is -7.88. The standard InChI is InChI=1S/C9H13NO3S.C9H12O3S.2C2H6.CH4N2.CH3N.2CH4/c1-6-4-7(2)9(8(3)5-6)14(11,12)13-10;1-6-4-7(2)9(8(3)5-6)13(10,11)12;2*1-2;1-3-2;1-2;;/h4-5H,10H2,1-3H3;4-5H,1-3H3,(H,10,11,12);2*1-2H3;1-2H2;2H,1H2;2*1H4/p+1. The second-order valence-corrected chi connectivity index (χ2v) is 9.55. The number of benzene rings is 2. The molecule has 0 spiro atoms. The van der Waals surface area contributed by atoms with Crippen molar-refractivity contribution < 1.29 is 30.8 Å². The summed E-state index contributed by atoms with van der Waals surface area (Å²) in [5, 5.41) is 7.50. The predicted octanol–water partition coefficient (Wildman–Crippen LogP) is 4.28. The fourth-order valence-corrected chi connectivity index (χ4v) is 5.12. The molecule has 38 heavy (non-hydrogen) atoms. The minimum absolute atomic E-state index is 0. The molecule has 0 saturated carbocycles. The monoisotopic (exact) mass is 581 g/mol. The second kappa shape index (κ2) is 24.7. The number of rotatable bonds is 3. The Balaban J connectivity index is -0.0000000995. The van der Waals surface area contributed by atoms with Crippen LogP contribution in [-0.4, -0.2) is 34.8 Å². The van der Waals surface area contributed by atoms with Crippen LogP contribution < -0.4 is 16.8 Å². The number of hydrazone groups is 1. The van der Waals surface area contributed by atoms with Gasteiger partial charge in [-0.2, -0.15) is 27.0 Å². The van der Waals surface area contributed by atoms with Gasteiger partial charge in [-0.3, -0.25) is 4.55 Å². The van der Waals surface area contributed by atoms with Gasteiger partial charge in [0.05, 0.1) is 4.90 Å². The molecule has 0 aliphatic carbocycles. The van der Waals surface area contributed by atoms with Crippen molar-refractivity contribution in [2.24, 2.45) is 11.7 Å². The van der Waals surface area contributed by atoms with Gasteiger partial charge < -0.3 is 5.41 Å². The predicted molar refractivity (Wildman–Crippen MR) is 162 cm³/mol. The normalized spacial score (nSPS) is 9.05. The van der Waals surface area contributed by atoms with Crippen LogP contribution in [-0.2, 0) is 24.5 Å². The van der Waals surface area contributed by atoms with Crippen LogP contribution in [0.3, 0.4) is 0 Å². The highest BCUT2D eigenvalue weighted by molar-refractivity contribution is 7.86. The van der Waals surface area contributed by atoms with Gasteiger partial charge >= 0.3 is 10.1 Å². The smallest absolute Gasteiger partial charge is 0.313 e. The third kappa shape index (κ3) is 17.8. The number of aryl methyl sites for hydroxylation is 6. The van der Waals surface area contributed by atoms with Crippen LogP contribution in [0.15, 0.2) is 34.1 Å². The molecule has 12 heteroatoms. The average Bonchev–Trinajstić information content (AvgIpc) is 2.76. The minimum atomic E-state index is -4.08. The van der Waals surface area contributed by atoms with Crippen molar-refractivity contribution in [3.05, 3.63) is 57.6 Å². The van der Waals surface area contributed by atoms with Gasteiger partial charge in [-0.25, -0.2) is 5.84 Å². The highest BCUT2D eigenvalue weighted by Crippen LogP contribution is 2.22. The van der Waals surface area contributed by atoms with Gasteiger partial charge in [-0.15, -0.1) is 5.10 Å². The molecule has 2 aromatic rings. The first-order chi connectivity index (χ1) is 16.6. The molecule has 0 atom stereocenters. The summed E-state index contributed by atoms with van der Waals surface area (Å²) in [6, 6.07) is 7.02. The van der Waals surface area contributed by atoms with Crippen molar-refractivity contribution in [2.75, 3.05) is 0 Å². The lowest BCUT2D eigenvalue weighted by molar-refractivity contribution is -0.459. The maximum absolute atomic E-state index is 11.4. The zero-order chi connectivity index (χ0) is 29.9. The van der Waals surface area contributed by atoms with Crippen LogP contribution in [0.4, 0.5) is 0 Å². The van der Waals surface area contributed by atoms with E-state index in [1.165, 1.54) is 0 Å². The topological polar surface area (TPSA) is 188 Å². The first-order valence-corrected chi connectivity index (χ1v) is 13.8. The van der Waals surface area contributed by atoms with Gasteiger partial charge in [-0.05, 0) is 70.5 Å². The summed E-state index contributed by atoms with van der Waals surface area (Å²) < 4.78 is 57.6. The van der Waals surface area contributed by atoms with Crippen LogP contribution in [0, 0.1) is 47.0 Å².